The average molecular weight is 322 g/mol. The molecule has 0 aliphatic carbocycles. The first kappa shape index (κ1) is 15.2. The highest BCUT2D eigenvalue weighted by Crippen LogP contribution is 2.18. The molecule has 1 saturated heterocycles. The van der Waals surface area contributed by atoms with Gasteiger partial charge in [-0.2, -0.15) is 0 Å². The van der Waals surface area contributed by atoms with E-state index in [1.807, 2.05) is 0 Å². The van der Waals surface area contributed by atoms with E-state index in [4.69, 9.17) is 4.42 Å². The first-order valence-corrected chi connectivity index (χ1v) is 8.80. The van der Waals surface area contributed by atoms with Gasteiger partial charge in [-0.15, -0.1) is 0 Å². The van der Waals surface area contributed by atoms with Crippen molar-refractivity contribution in [2.75, 3.05) is 13.1 Å². The molecule has 1 unspecified atom stereocenters. The Bertz CT molecular complexity index is 821. The summed E-state index contributed by atoms with van der Waals surface area (Å²) >= 11 is 0. The average Bonchev–Trinajstić information content (AvgIpc) is 2.74. The smallest absolute Gasteiger partial charge is 0.336 e. The van der Waals surface area contributed by atoms with Gasteiger partial charge in [-0.25, -0.2) is 17.9 Å². The number of hydrogen-bond donors (Lipinski definition) is 2. The molecule has 7 heteroatoms. The highest BCUT2D eigenvalue weighted by molar-refractivity contribution is 7.89. The Balaban J connectivity index is 1.87. The molecule has 6 nitrogen and oxygen atoms in total. The minimum absolute atomic E-state index is 0.100. The third-order valence-corrected chi connectivity index (χ3v) is 5.29. The zero-order chi connectivity index (χ0) is 15.6. The molecule has 0 amide bonds. The molecule has 2 N–H and O–H groups in total. The Morgan fingerprint density at radius 1 is 1.18 bits per heavy atom. The van der Waals surface area contributed by atoms with Crippen LogP contribution in [0.1, 0.15) is 19.3 Å². The molecule has 118 valence electrons. The number of sulfonamides is 1. The van der Waals surface area contributed by atoms with Gasteiger partial charge in [0, 0.05) is 24.0 Å². The lowest BCUT2D eigenvalue weighted by Gasteiger charge is -2.16. The van der Waals surface area contributed by atoms with Gasteiger partial charge in [0.25, 0.3) is 0 Å². The van der Waals surface area contributed by atoms with Crippen LogP contribution in [0.25, 0.3) is 11.0 Å². The maximum atomic E-state index is 12.5. The van der Waals surface area contributed by atoms with Crippen LogP contribution >= 0.6 is 0 Å². The van der Waals surface area contributed by atoms with E-state index in [0.717, 1.165) is 25.8 Å². The maximum absolute atomic E-state index is 12.5. The van der Waals surface area contributed by atoms with E-state index < -0.39 is 15.6 Å². The summed E-state index contributed by atoms with van der Waals surface area (Å²) in [5.74, 6) is 0. The van der Waals surface area contributed by atoms with Gasteiger partial charge in [0.1, 0.15) is 5.58 Å². The van der Waals surface area contributed by atoms with E-state index in [2.05, 4.69) is 10.0 Å². The van der Waals surface area contributed by atoms with E-state index in [-0.39, 0.29) is 10.9 Å². The largest absolute Gasteiger partial charge is 0.423 e. The van der Waals surface area contributed by atoms with Gasteiger partial charge >= 0.3 is 5.63 Å². The van der Waals surface area contributed by atoms with Crippen LogP contribution in [-0.4, -0.2) is 27.5 Å². The maximum Gasteiger partial charge on any atom is 0.336 e. The zero-order valence-corrected chi connectivity index (χ0v) is 12.9. The van der Waals surface area contributed by atoms with Crippen LogP contribution in [0.5, 0.6) is 0 Å². The van der Waals surface area contributed by atoms with Crippen LogP contribution in [0.2, 0.25) is 0 Å². The predicted molar refractivity (Wildman–Crippen MR) is 83.3 cm³/mol. The molecule has 2 aromatic rings. The van der Waals surface area contributed by atoms with Gasteiger partial charge in [-0.3, -0.25) is 0 Å². The SMILES string of the molecule is O=c1ccc2cc(S(=O)(=O)NC3CCCCNC3)ccc2o1. The Labute approximate surface area is 128 Å². The quantitative estimate of drug-likeness (QED) is 0.829. The molecular formula is C15H18N2O4S. The van der Waals surface area contributed by atoms with Crippen LogP contribution in [0.4, 0.5) is 0 Å². The molecule has 1 fully saturated rings. The molecule has 1 aromatic heterocycles. The van der Waals surface area contributed by atoms with Crippen molar-refractivity contribution >= 4 is 21.0 Å². The minimum Gasteiger partial charge on any atom is -0.423 e. The van der Waals surface area contributed by atoms with Crippen LogP contribution in [-0.2, 0) is 10.0 Å². The summed E-state index contributed by atoms with van der Waals surface area (Å²) in [5.41, 5.74) is -0.0756. The van der Waals surface area contributed by atoms with Gasteiger partial charge < -0.3 is 9.73 Å². The van der Waals surface area contributed by atoms with Gasteiger partial charge in [0.15, 0.2) is 0 Å². The van der Waals surface area contributed by atoms with Crippen LogP contribution < -0.4 is 15.7 Å². The summed E-state index contributed by atoms with van der Waals surface area (Å²) < 4.78 is 32.7. The summed E-state index contributed by atoms with van der Waals surface area (Å²) in [6.45, 7) is 1.56. The van der Waals surface area contributed by atoms with Crippen LogP contribution in [0.3, 0.4) is 0 Å². The highest BCUT2D eigenvalue weighted by atomic mass is 32.2. The van der Waals surface area contributed by atoms with Gasteiger partial charge in [-0.1, -0.05) is 6.42 Å². The second-order valence-electron chi connectivity index (χ2n) is 5.47. The molecule has 1 aliphatic rings. The van der Waals surface area contributed by atoms with Crippen LogP contribution in [0.15, 0.2) is 44.4 Å². The van der Waals surface area contributed by atoms with E-state index in [1.54, 1.807) is 6.07 Å². The molecule has 22 heavy (non-hydrogen) atoms. The van der Waals surface area contributed by atoms with Gasteiger partial charge in [-0.05, 0) is 43.7 Å². The highest BCUT2D eigenvalue weighted by Gasteiger charge is 2.21. The van der Waals surface area contributed by atoms with E-state index >= 15 is 0 Å². The second kappa shape index (κ2) is 6.20. The fourth-order valence-corrected chi connectivity index (χ4v) is 3.93. The number of rotatable bonds is 3. The number of fused-ring (bicyclic) bond motifs is 1. The molecule has 1 aliphatic heterocycles. The molecule has 1 atom stereocenters. The Kier molecular flexibility index (Phi) is 4.28. The standard InChI is InChI=1S/C15H18N2O4S/c18-15-7-4-11-9-13(5-6-14(11)21-15)22(19,20)17-12-3-1-2-8-16-10-12/h4-7,9,12,16-17H,1-3,8,10H2. The number of hydrogen-bond acceptors (Lipinski definition) is 5. The van der Waals surface area contributed by atoms with E-state index in [9.17, 15) is 13.2 Å². The van der Waals surface area contributed by atoms with Crippen molar-refractivity contribution in [3.8, 4) is 0 Å². The Hall–Kier alpha value is -1.70. The third-order valence-electron chi connectivity index (χ3n) is 3.77. The molecule has 0 spiro atoms. The molecule has 0 radical (unpaired) electrons. The summed E-state index contributed by atoms with van der Waals surface area (Å²) in [6, 6.07) is 7.23. The third kappa shape index (κ3) is 3.37. The molecule has 0 saturated carbocycles. The Morgan fingerprint density at radius 3 is 2.91 bits per heavy atom. The van der Waals surface area contributed by atoms with E-state index in [0.29, 0.717) is 17.5 Å². The lowest BCUT2D eigenvalue weighted by atomic mass is 10.2. The van der Waals surface area contributed by atoms with Crippen LogP contribution in [0, 0.1) is 0 Å². The van der Waals surface area contributed by atoms with Crippen molar-refractivity contribution in [3.63, 3.8) is 0 Å². The van der Waals surface area contributed by atoms with Crippen molar-refractivity contribution in [2.45, 2.75) is 30.2 Å². The first-order valence-electron chi connectivity index (χ1n) is 7.31. The summed E-state index contributed by atoms with van der Waals surface area (Å²) in [6.07, 6.45) is 2.89. The first-order chi connectivity index (χ1) is 10.5. The lowest BCUT2D eigenvalue weighted by molar-refractivity contribution is 0.521. The fourth-order valence-electron chi connectivity index (χ4n) is 2.62. The van der Waals surface area contributed by atoms with Gasteiger partial charge in [0.2, 0.25) is 10.0 Å². The van der Waals surface area contributed by atoms with Crippen molar-refractivity contribution in [2.24, 2.45) is 0 Å². The monoisotopic (exact) mass is 322 g/mol. The number of nitrogens with one attached hydrogen (secondary N) is 2. The zero-order valence-electron chi connectivity index (χ0n) is 12.0. The summed E-state index contributed by atoms with van der Waals surface area (Å²) in [4.78, 5) is 11.3. The Morgan fingerprint density at radius 2 is 2.05 bits per heavy atom. The summed E-state index contributed by atoms with van der Waals surface area (Å²) in [5, 5.41) is 3.82. The molecule has 2 heterocycles. The fraction of sp³-hybridized carbons (Fsp3) is 0.400. The molecule has 3 rings (SSSR count). The summed E-state index contributed by atoms with van der Waals surface area (Å²) in [7, 11) is -3.59. The van der Waals surface area contributed by atoms with E-state index in [1.165, 1.54) is 24.3 Å². The number of benzene rings is 1. The van der Waals surface area contributed by atoms with Crippen molar-refractivity contribution in [1.29, 1.82) is 0 Å². The van der Waals surface area contributed by atoms with Crippen molar-refractivity contribution in [1.82, 2.24) is 10.0 Å². The van der Waals surface area contributed by atoms with Gasteiger partial charge in [0.05, 0.1) is 4.90 Å². The topological polar surface area (TPSA) is 88.4 Å². The minimum atomic E-state index is -3.59. The van der Waals surface area contributed by atoms with Crippen molar-refractivity contribution in [3.05, 3.63) is 40.8 Å². The lowest BCUT2D eigenvalue weighted by Crippen LogP contribution is -2.40. The molecule has 1 aromatic carbocycles. The second-order valence-corrected chi connectivity index (χ2v) is 7.19. The molecule has 0 bridgehead atoms. The molecular weight excluding hydrogens is 304 g/mol. The van der Waals surface area contributed by atoms with Crippen molar-refractivity contribution < 1.29 is 12.8 Å². The normalized spacial score (nSPS) is 19.9. The predicted octanol–water partition coefficient (Wildman–Crippen LogP) is 1.21.